The van der Waals surface area contributed by atoms with E-state index in [-0.39, 0.29) is 12.2 Å². The van der Waals surface area contributed by atoms with Gasteiger partial charge >= 0.3 is 11.9 Å². The minimum absolute atomic E-state index is 0.254. The van der Waals surface area contributed by atoms with Crippen molar-refractivity contribution in [2.24, 2.45) is 11.8 Å². The first-order valence-electron chi connectivity index (χ1n) is 5.70. The summed E-state index contributed by atoms with van der Waals surface area (Å²) in [6.45, 7) is 2.25. The zero-order valence-electron chi connectivity index (χ0n) is 9.22. The predicted molar refractivity (Wildman–Crippen MR) is 53.8 cm³/mol. The van der Waals surface area contributed by atoms with Gasteiger partial charge in [0.25, 0.3) is 0 Å². The number of carbonyl (C=O) groups excluding carboxylic acids is 1. The second-order valence-electron chi connectivity index (χ2n) is 4.35. The van der Waals surface area contributed by atoms with Crippen LogP contribution >= 0.6 is 0 Å². The second kappa shape index (κ2) is 4.41. The van der Waals surface area contributed by atoms with E-state index in [2.05, 4.69) is 0 Å². The molecule has 2 rings (SSSR count). The van der Waals surface area contributed by atoms with Crippen molar-refractivity contribution in [2.75, 3.05) is 6.61 Å². The van der Waals surface area contributed by atoms with Gasteiger partial charge in [0.1, 0.15) is 0 Å². The van der Waals surface area contributed by atoms with Crippen LogP contribution in [-0.2, 0) is 19.1 Å². The van der Waals surface area contributed by atoms with Gasteiger partial charge in [0, 0.05) is 0 Å². The zero-order valence-corrected chi connectivity index (χ0v) is 9.22. The molecule has 2 aliphatic heterocycles. The number of rotatable bonds is 4. The largest absolute Gasteiger partial charge is 0.481 e. The van der Waals surface area contributed by atoms with E-state index in [1.54, 1.807) is 0 Å². The number of hydrogen-bond acceptors (Lipinski definition) is 4. The molecule has 0 unspecified atom stereocenters. The lowest BCUT2D eigenvalue weighted by Crippen LogP contribution is -2.39. The lowest BCUT2D eigenvalue weighted by Gasteiger charge is -2.22. The van der Waals surface area contributed by atoms with Crippen molar-refractivity contribution < 1.29 is 24.2 Å². The van der Waals surface area contributed by atoms with E-state index >= 15 is 0 Å². The third-order valence-electron chi connectivity index (χ3n) is 3.28. The van der Waals surface area contributed by atoms with Crippen LogP contribution in [0, 0.1) is 11.8 Å². The summed E-state index contributed by atoms with van der Waals surface area (Å²) in [5.41, 5.74) is 0. The van der Waals surface area contributed by atoms with Gasteiger partial charge in [0.05, 0.1) is 30.7 Å². The normalized spacial score (nSPS) is 36.3. The lowest BCUT2D eigenvalue weighted by molar-refractivity contribution is -0.158. The Morgan fingerprint density at radius 3 is 2.50 bits per heavy atom. The van der Waals surface area contributed by atoms with Crippen molar-refractivity contribution in [2.45, 2.75) is 38.4 Å². The monoisotopic (exact) mass is 228 g/mol. The highest BCUT2D eigenvalue weighted by Crippen LogP contribution is 2.44. The fourth-order valence-electron chi connectivity index (χ4n) is 2.59. The lowest BCUT2D eigenvalue weighted by atomic mass is 9.79. The molecule has 1 N–H and O–H groups in total. The molecule has 2 aliphatic rings. The van der Waals surface area contributed by atoms with E-state index in [0.29, 0.717) is 6.61 Å². The summed E-state index contributed by atoms with van der Waals surface area (Å²) in [6.07, 6.45) is 1.68. The van der Waals surface area contributed by atoms with Gasteiger partial charge in [0.15, 0.2) is 0 Å². The van der Waals surface area contributed by atoms with Crippen LogP contribution in [0.2, 0.25) is 0 Å². The molecule has 5 nitrogen and oxygen atoms in total. The topological polar surface area (TPSA) is 72.8 Å². The highest BCUT2D eigenvalue weighted by molar-refractivity contribution is 5.83. The Morgan fingerprint density at radius 2 is 1.94 bits per heavy atom. The molecule has 4 atom stereocenters. The smallest absolute Gasteiger partial charge is 0.312 e. The Bertz CT molecular complexity index is 301. The average Bonchev–Trinajstić information content (AvgIpc) is 2.84. The fourth-order valence-corrected chi connectivity index (χ4v) is 2.59. The SMILES string of the molecule is CCCOC(=O)[C@@H]1[C@H](C(=O)O)[C@@H]2CC[C@@H]1O2. The maximum atomic E-state index is 11.7. The molecular weight excluding hydrogens is 212 g/mol. The van der Waals surface area contributed by atoms with E-state index < -0.39 is 23.8 Å². The number of carbonyl (C=O) groups is 2. The molecule has 0 amide bonds. The molecule has 0 aromatic carbocycles. The first kappa shape index (κ1) is 11.4. The molecule has 0 saturated carbocycles. The number of fused-ring (bicyclic) bond motifs is 2. The zero-order chi connectivity index (χ0) is 11.7. The molecule has 2 saturated heterocycles. The summed E-state index contributed by atoms with van der Waals surface area (Å²) in [4.78, 5) is 22.8. The number of hydrogen-bond donors (Lipinski definition) is 1. The maximum Gasteiger partial charge on any atom is 0.312 e. The van der Waals surface area contributed by atoms with Gasteiger partial charge in [-0.05, 0) is 19.3 Å². The third-order valence-corrected chi connectivity index (χ3v) is 3.28. The maximum absolute atomic E-state index is 11.7. The van der Waals surface area contributed by atoms with Crippen LogP contribution in [0.15, 0.2) is 0 Å². The summed E-state index contributed by atoms with van der Waals surface area (Å²) >= 11 is 0. The Balaban J connectivity index is 2.06. The van der Waals surface area contributed by atoms with Gasteiger partial charge in [-0.25, -0.2) is 0 Å². The van der Waals surface area contributed by atoms with Gasteiger partial charge in [-0.15, -0.1) is 0 Å². The minimum Gasteiger partial charge on any atom is -0.481 e. The average molecular weight is 228 g/mol. The molecule has 0 aliphatic carbocycles. The van der Waals surface area contributed by atoms with E-state index in [0.717, 1.165) is 19.3 Å². The Hall–Kier alpha value is -1.10. The van der Waals surface area contributed by atoms with Gasteiger partial charge in [-0.3, -0.25) is 9.59 Å². The molecule has 0 aromatic heterocycles. The Morgan fingerprint density at radius 1 is 1.31 bits per heavy atom. The quantitative estimate of drug-likeness (QED) is 0.721. The van der Waals surface area contributed by atoms with Crippen molar-refractivity contribution in [1.29, 1.82) is 0 Å². The van der Waals surface area contributed by atoms with E-state index in [9.17, 15) is 9.59 Å². The van der Waals surface area contributed by atoms with Crippen LogP contribution in [0.5, 0.6) is 0 Å². The van der Waals surface area contributed by atoms with Gasteiger partial charge in [-0.1, -0.05) is 6.92 Å². The van der Waals surface area contributed by atoms with E-state index in [1.807, 2.05) is 6.92 Å². The summed E-state index contributed by atoms with van der Waals surface area (Å²) < 4.78 is 10.5. The molecule has 5 heteroatoms. The number of carboxylic acid groups (broad SMARTS) is 1. The molecule has 0 radical (unpaired) electrons. The highest BCUT2D eigenvalue weighted by Gasteiger charge is 2.56. The summed E-state index contributed by atoms with van der Waals surface area (Å²) in [5, 5.41) is 9.09. The van der Waals surface area contributed by atoms with E-state index in [1.165, 1.54) is 0 Å². The standard InChI is InChI=1S/C11H16O5/c1-2-5-15-11(14)9-7-4-3-6(16-7)8(9)10(12)13/h6-9H,2-5H2,1H3,(H,12,13)/t6-,7-,8+,9-/m0/s1. The molecule has 0 aromatic rings. The van der Waals surface area contributed by atoms with Crippen molar-refractivity contribution in [3.63, 3.8) is 0 Å². The van der Waals surface area contributed by atoms with E-state index in [4.69, 9.17) is 14.6 Å². The summed E-state index contributed by atoms with van der Waals surface area (Å²) in [6, 6.07) is 0. The predicted octanol–water partition coefficient (Wildman–Crippen LogP) is 0.818. The second-order valence-corrected chi connectivity index (χ2v) is 4.35. The summed E-state index contributed by atoms with van der Waals surface area (Å²) in [5.74, 6) is -2.70. The molecule has 2 bridgehead atoms. The molecule has 2 heterocycles. The Labute approximate surface area is 93.7 Å². The fraction of sp³-hybridized carbons (Fsp3) is 0.818. The van der Waals surface area contributed by atoms with Crippen LogP contribution in [0.3, 0.4) is 0 Å². The van der Waals surface area contributed by atoms with Gasteiger partial charge in [0.2, 0.25) is 0 Å². The van der Waals surface area contributed by atoms with Crippen LogP contribution in [0.25, 0.3) is 0 Å². The van der Waals surface area contributed by atoms with Crippen molar-refractivity contribution in [1.82, 2.24) is 0 Å². The molecular formula is C11H16O5. The molecule has 16 heavy (non-hydrogen) atoms. The highest BCUT2D eigenvalue weighted by atomic mass is 16.5. The molecule has 90 valence electrons. The first-order chi connectivity index (χ1) is 7.65. The number of ether oxygens (including phenoxy) is 2. The minimum atomic E-state index is -0.953. The van der Waals surface area contributed by atoms with Crippen LogP contribution < -0.4 is 0 Å². The summed E-state index contributed by atoms with van der Waals surface area (Å²) in [7, 11) is 0. The van der Waals surface area contributed by atoms with Gasteiger partial charge in [-0.2, -0.15) is 0 Å². The molecule has 2 fully saturated rings. The van der Waals surface area contributed by atoms with Crippen molar-refractivity contribution >= 4 is 11.9 Å². The third kappa shape index (κ3) is 1.80. The Kier molecular flexibility index (Phi) is 3.14. The molecule has 0 spiro atoms. The van der Waals surface area contributed by atoms with Crippen LogP contribution in [0.1, 0.15) is 26.2 Å². The first-order valence-corrected chi connectivity index (χ1v) is 5.70. The van der Waals surface area contributed by atoms with Gasteiger partial charge < -0.3 is 14.6 Å². The van der Waals surface area contributed by atoms with Crippen molar-refractivity contribution in [3.8, 4) is 0 Å². The number of carboxylic acids is 1. The van der Waals surface area contributed by atoms with Crippen LogP contribution in [0.4, 0.5) is 0 Å². The number of esters is 1. The van der Waals surface area contributed by atoms with Crippen LogP contribution in [-0.4, -0.2) is 35.9 Å². The van der Waals surface area contributed by atoms with Crippen molar-refractivity contribution in [3.05, 3.63) is 0 Å². The number of aliphatic carboxylic acids is 1.